The summed E-state index contributed by atoms with van der Waals surface area (Å²) in [5.74, 6) is 0. The summed E-state index contributed by atoms with van der Waals surface area (Å²) in [7, 11) is 0. The second-order valence-electron chi connectivity index (χ2n) is 2.86. The molecule has 0 heterocycles. The predicted molar refractivity (Wildman–Crippen MR) is 57.9 cm³/mol. The van der Waals surface area contributed by atoms with E-state index in [2.05, 4.69) is 60.7 Å². The molecule has 0 bridgehead atoms. The molecule has 0 amide bonds. The van der Waals surface area contributed by atoms with E-state index < -0.39 is 21.1 Å². The summed E-state index contributed by atoms with van der Waals surface area (Å²) in [5.41, 5.74) is 0. The maximum absolute atomic E-state index is 2.24. The SMILES string of the molecule is [Cl-].[Cl-].c1cc[c]([Sn+2][c]2ccccc2)cc1. The summed E-state index contributed by atoms with van der Waals surface area (Å²) in [6.45, 7) is 0. The average Bonchev–Trinajstić information content (AvgIpc) is 2.21. The van der Waals surface area contributed by atoms with Crippen molar-refractivity contribution in [1.82, 2.24) is 0 Å². The van der Waals surface area contributed by atoms with E-state index in [1.54, 1.807) is 0 Å². The van der Waals surface area contributed by atoms with Gasteiger partial charge in [-0.05, 0) is 0 Å². The molecule has 2 aromatic carbocycles. The first-order valence-electron chi connectivity index (χ1n) is 4.32. The molecule has 0 aromatic heterocycles. The Kier molecular flexibility index (Phi) is 7.93. The van der Waals surface area contributed by atoms with Crippen molar-refractivity contribution in [2.75, 3.05) is 0 Å². The molecule has 15 heavy (non-hydrogen) atoms. The van der Waals surface area contributed by atoms with Gasteiger partial charge < -0.3 is 24.8 Å². The van der Waals surface area contributed by atoms with Gasteiger partial charge in [0.05, 0.1) is 0 Å². The molecule has 0 aliphatic rings. The van der Waals surface area contributed by atoms with Gasteiger partial charge in [0.2, 0.25) is 0 Å². The second-order valence-corrected chi connectivity index (χ2v) is 6.87. The van der Waals surface area contributed by atoms with Gasteiger partial charge in [-0.15, -0.1) is 0 Å². The third-order valence-electron chi connectivity index (χ3n) is 1.84. The molecule has 2 rings (SSSR count). The van der Waals surface area contributed by atoms with E-state index in [1.807, 2.05) is 0 Å². The van der Waals surface area contributed by atoms with Gasteiger partial charge >= 0.3 is 89.0 Å². The van der Waals surface area contributed by atoms with Crippen molar-refractivity contribution < 1.29 is 24.8 Å². The Balaban J connectivity index is 0.000000980. The molecule has 0 unspecified atom stereocenters. The van der Waals surface area contributed by atoms with Crippen LogP contribution in [0.4, 0.5) is 0 Å². The van der Waals surface area contributed by atoms with Gasteiger partial charge in [0, 0.05) is 0 Å². The Labute approximate surface area is 113 Å². The van der Waals surface area contributed by atoms with E-state index in [0.717, 1.165) is 0 Å². The van der Waals surface area contributed by atoms with Crippen LogP contribution >= 0.6 is 0 Å². The fourth-order valence-electron chi connectivity index (χ4n) is 1.21. The van der Waals surface area contributed by atoms with E-state index in [0.29, 0.717) is 0 Å². The van der Waals surface area contributed by atoms with Crippen molar-refractivity contribution in [2.24, 2.45) is 0 Å². The zero-order chi connectivity index (χ0) is 8.93. The number of benzene rings is 2. The van der Waals surface area contributed by atoms with Crippen molar-refractivity contribution in [3.05, 3.63) is 60.7 Å². The van der Waals surface area contributed by atoms with Crippen molar-refractivity contribution in [1.29, 1.82) is 0 Å². The first-order valence-corrected chi connectivity index (χ1v) is 7.18. The minimum atomic E-state index is -0.517. The van der Waals surface area contributed by atoms with Crippen LogP contribution < -0.4 is 32.0 Å². The molecule has 0 aliphatic heterocycles. The molecular weight excluding hydrogens is 334 g/mol. The van der Waals surface area contributed by atoms with E-state index >= 15 is 0 Å². The van der Waals surface area contributed by atoms with Crippen LogP contribution in [-0.2, 0) is 0 Å². The molecule has 76 valence electrons. The van der Waals surface area contributed by atoms with Crippen LogP contribution in [0.25, 0.3) is 0 Å². The Bertz CT molecular complexity index is 324. The predicted octanol–water partition coefficient (Wildman–Crippen LogP) is -4.65. The van der Waals surface area contributed by atoms with Crippen LogP contribution in [0.5, 0.6) is 0 Å². The average molecular weight is 344 g/mol. The van der Waals surface area contributed by atoms with E-state index in [4.69, 9.17) is 0 Å². The Morgan fingerprint density at radius 1 is 0.533 bits per heavy atom. The summed E-state index contributed by atoms with van der Waals surface area (Å²) < 4.78 is 3.08. The monoisotopic (exact) mass is 344 g/mol. The fraction of sp³-hybridized carbons (Fsp3) is 0. The molecule has 0 atom stereocenters. The molecule has 0 radical (unpaired) electrons. The van der Waals surface area contributed by atoms with Gasteiger partial charge in [0.25, 0.3) is 0 Å². The zero-order valence-corrected chi connectivity index (χ0v) is 12.4. The van der Waals surface area contributed by atoms with Crippen molar-refractivity contribution in [2.45, 2.75) is 0 Å². The Morgan fingerprint density at radius 2 is 0.867 bits per heavy atom. The molecule has 0 aliphatic carbocycles. The molecule has 0 nitrogen and oxygen atoms in total. The maximum atomic E-state index is 2.24. The Hall–Kier alpha value is -0.181. The van der Waals surface area contributed by atoms with Crippen molar-refractivity contribution >= 4 is 28.3 Å². The number of rotatable bonds is 2. The van der Waals surface area contributed by atoms with Gasteiger partial charge in [-0.25, -0.2) is 0 Å². The molecule has 3 heteroatoms. The normalized spacial score (nSPS) is 8.00. The summed E-state index contributed by atoms with van der Waals surface area (Å²) in [5, 5.41) is 0. The van der Waals surface area contributed by atoms with Crippen LogP contribution in [0.15, 0.2) is 60.7 Å². The quantitative estimate of drug-likeness (QED) is 0.481. The molecule has 0 N–H and O–H groups in total. The number of halogens is 2. The number of hydrogen-bond donors (Lipinski definition) is 0. The van der Waals surface area contributed by atoms with Gasteiger partial charge in [-0.2, -0.15) is 0 Å². The van der Waals surface area contributed by atoms with Crippen LogP contribution in [0.3, 0.4) is 0 Å². The van der Waals surface area contributed by atoms with Crippen LogP contribution in [0.1, 0.15) is 0 Å². The van der Waals surface area contributed by atoms with Gasteiger partial charge in [-0.1, -0.05) is 0 Å². The minimum absolute atomic E-state index is 0. The van der Waals surface area contributed by atoms with Crippen molar-refractivity contribution in [3.63, 3.8) is 0 Å². The molecule has 2 aromatic rings. The first kappa shape index (κ1) is 14.8. The molecular formula is C12H10Cl2Sn. The van der Waals surface area contributed by atoms with Crippen LogP contribution in [0.2, 0.25) is 0 Å². The van der Waals surface area contributed by atoms with Crippen LogP contribution in [-0.4, -0.2) is 21.1 Å². The molecule has 0 saturated heterocycles. The first-order chi connectivity index (χ1) is 6.45. The summed E-state index contributed by atoms with van der Waals surface area (Å²) in [6, 6.07) is 21.6. The topological polar surface area (TPSA) is 0 Å². The van der Waals surface area contributed by atoms with E-state index in [9.17, 15) is 0 Å². The molecule has 0 saturated carbocycles. The third kappa shape index (κ3) is 4.91. The van der Waals surface area contributed by atoms with Gasteiger partial charge in [0.1, 0.15) is 0 Å². The molecule has 0 spiro atoms. The van der Waals surface area contributed by atoms with Gasteiger partial charge in [-0.3, -0.25) is 0 Å². The zero-order valence-electron chi connectivity index (χ0n) is 8.03. The summed E-state index contributed by atoms with van der Waals surface area (Å²) in [6.07, 6.45) is 0. The van der Waals surface area contributed by atoms with Crippen molar-refractivity contribution in [3.8, 4) is 0 Å². The van der Waals surface area contributed by atoms with Crippen LogP contribution in [0, 0.1) is 0 Å². The van der Waals surface area contributed by atoms with Gasteiger partial charge in [0.15, 0.2) is 0 Å². The molecule has 0 fully saturated rings. The van der Waals surface area contributed by atoms with E-state index in [1.165, 1.54) is 7.16 Å². The van der Waals surface area contributed by atoms with E-state index in [-0.39, 0.29) is 24.8 Å². The number of hydrogen-bond acceptors (Lipinski definition) is 0. The fourth-order valence-corrected chi connectivity index (χ4v) is 4.21. The summed E-state index contributed by atoms with van der Waals surface area (Å²) in [4.78, 5) is 0. The Morgan fingerprint density at radius 3 is 1.20 bits per heavy atom. The third-order valence-corrected chi connectivity index (χ3v) is 5.39. The second kappa shape index (κ2) is 8.03. The summed E-state index contributed by atoms with van der Waals surface area (Å²) >= 11 is -0.517. The standard InChI is InChI=1S/2C6H5.2ClH.Sn/c2*1-2-4-6-5-3-1;;;/h2*1-5H;2*1H;/q;;;;+2/p-2.